The lowest BCUT2D eigenvalue weighted by Crippen LogP contribution is -2.38. The lowest BCUT2D eigenvalue weighted by Gasteiger charge is -2.28. The average Bonchev–Trinajstić information content (AvgIpc) is 2.89. The largest absolute Gasteiger partial charge is 0.299 e. The van der Waals surface area contributed by atoms with Gasteiger partial charge in [-0.15, -0.1) is 0 Å². The smallest absolute Gasteiger partial charge is 0.179 e. The number of sulfone groups is 1. The Labute approximate surface area is 143 Å². The first-order valence-electron chi connectivity index (χ1n) is 8.23. The van der Waals surface area contributed by atoms with E-state index in [0.29, 0.717) is 17.7 Å². The predicted molar refractivity (Wildman–Crippen MR) is 94.9 cm³/mol. The fourth-order valence-electron chi connectivity index (χ4n) is 3.57. The van der Waals surface area contributed by atoms with Crippen LogP contribution < -0.4 is 0 Å². The number of hydrogen-bond acceptors (Lipinski definition) is 3. The van der Waals surface area contributed by atoms with Crippen LogP contribution in [-0.4, -0.2) is 20.0 Å². The van der Waals surface area contributed by atoms with Gasteiger partial charge in [-0.1, -0.05) is 47.5 Å². The number of carbonyl (C=O) groups excluding carboxylic acids is 1. The van der Waals surface area contributed by atoms with Crippen LogP contribution in [-0.2, 0) is 20.0 Å². The van der Waals surface area contributed by atoms with Crippen molar-refractivity contribution in [3.05, 3.63) is 65.2 Å². The number of hydrogen-bond donors (Lipinski definition) is 0. The second kappa shape index (κ2) is 6.17. The zero-order chi connectivity index (χ0) is 17.4. The molecule has 4 heteroatoms. The maximum atomic E-state index is 13.0. The van der Waals surface area contributed by atoms with Gasteiger partial charge in [-0.3, -0.25) is 4.79 Å². The minimum absolute atomic E-state index is 0.0452. The van der Waals surface area contributed by atoms with Crippen LogP contribution in [0.25, 0.3) is 0 Å². The van der Waals surface area contributed by atoms with E-state index >= 15 is 0 Å². The lowest BCUT2D eigenvalue weighted by molar-refractivity contribution is -0.121. The average molecular weight is 342 g/mol. The molecule has 1 aliphatic rings. The maximum absolute atomic E-state index is 13.0. The van der Waals surface area contributed by atoms with Crippen LogP contribution in [0.2, 0.25) is 0 Å². The highest BCUT2D eigenvalue weighted by molar-refractivity contribution is 7.91. The molecule has 3 rings (SSSR count). The topological polar surface area (TPSA) is 51.2 Å². The molecule has 0 spiro atoms. The van der Waals surface area contributed by atoms with Crippen LogP contribution in [0.5, 0.6) is 0 Å². The van der Waals surface area contributed by atoms with E-state index in [1.807, 2.05) is 38.1 Å². The highest BCUT2D eigenvalue weighted by atomic mass is 32.2. The van der Waals surface area contributed by atoms with Crippen molar-refractivity contribution >= 4 is 15.6 Å². The normalized spacial score (nSPS) is 21.2. The van der Waals surface area contributed by atoms with Gasteiger partial charge in [0.15, 0.2) is 9.84 Å². The number of Topliss-reactive ketones (excluding diaryl/α,β-unsaturated/α-hetero) is 1. The Hall–Kier alpha value is -1.94. The lowest BCUT2D eigenvalue weighted by atomic mass is 9.79. The van der Waals surface area contributed by atoms with Gasteiger partial charge in [0.25, 0.3) is 0 Å². The quantitative estimate of drug-likeness (QED) is 0.850. The molecule has 0 unspecified atom stereocenters. The van der Waals surface area contributed by atoms with E-state index in [0.717, 1.165) is 23.1 Å². The van der Waals surface area contributed by atoms with Crippen molar-refractivity contribution in [2.24, 2.45) is 0 Å². The Kier molecular flexibility index (Phi) is 4.35. The molecular formula is C20H22O3S. The minimum atomic E-state index is -3.53. The monoisotopic (exact) mass is 342 g/mol. The van der Waals surface area contributed by atoms with E-state index in [1.54, 1.807) is 24.3 Å². The molecule has 2 aromatic carbocycles. The van der Waals surface area contributed by atoms with Gasteiger partial charge >= 0.3 is 0 Å². The van der Waals surface area contributed by atoms with Crippen molar-refractivity contribution < 1.29 is 13.2 Å². The molecule has 1 aliphatic carbocycles. The summed E-state index contributed by atoms with van der Waals surface area (Å²) in [5.74, 6) is -0.102. The minimum Gasteiger partial charge on any atom is -0.299 e. The molecule has 1 atom stereocenters. The summed E-state index contributed by atoms with van der Waals surface area (Å²) < 4.78 is 25.9. The van der Waals surface area contributed by atoms with Crippen molar-refractivity contribution in [1.29, 1.82) is 0 Å². The second-order valence-electron chi connectivity index (χ2n) is 6.80. The number of aryl methyl sites for hydroxylation is 2. The molecule has 2 aromatic rings. The molecule has 0 saturated heterocycles. The molecule has 0 heterocycles. The van der Waals surface area contributed by atoms with E-state index in [1.165, 1.54) is 0 Å². The number of carbonyl (C=O) groups is 1. The molecule has 3 nitrogen and oxygen atoms in total. The van der Waals surface area contributed by atoms with Crippen molar-refractivity contribution in [2.45, 2.75) is 43.4 Å². The first-order valence-corrected chi connectivity index (χ1v) is 9.89. The summed E-state index contributed by atoms with van der Waals surface area (Å²) >= 11 is 0. The van der Waals surface area contributed by atoms with Crippen LogP contribution in [0.3, 0.4) is 0 Å². The Bertz CT molecular complexity index is 866. The van der Waals surface area contributed by atoms with Crippen LogP contribution in [0.15, 0.2) is 53.4 Å². The van der Waals surface area contributed by atoms with Crippen molar-refractivity contribution in [3.63, 3.8) is 0 Å². The zero-order valence-corrected chi connectivity index (χ0v) is 14.9. The molecule has 0 amide bonds. The van der Waals surface area contributed by atoms with E-state index in [9.17, 15) is 13.2 Å². The predicted octanol–water partition coefficient (Wildman–Crippen LogP) is 3.77. The molecule has 126 valence electrons. The molecule has 0 radical (unpaired) electrons. The summed E-state index contributed by atoms with van der Waals surface area (Å²) in [7, 11) is -3.53. The van der Waals surface area contributed by atoms with Gasteiger partial charge in [0.1, 0.15) is 5.78 Å². The molecule has 0 aliphatic heterocycles. The van der Waals surface area contributed by atoms with Gasteiger partial charge in [-0.2, -0.15) is 0 Å². The number of benzene rings is 2. The van der Waals surface area contributed by atoms with Crippen LogP contribution >= 0.6 is 0 Å². The van der Waals surface area contributed by atoms with Crippen LogP contribution in [0.4, 0.5) is 0 Å². The van der Waals surface area contributed by atoms with Crippen LogP contribution in [0, 0.1) is 13.8 Å². The highest BCUT2D eigenvalue weighted by Gasteiger charge is 2.46. The van der Waals surface area contributed by atoms with Crippen LogP contribution in [0.1, 0.15) is 36.0 Å². The number of rotatable bonds is 4. The SMILES string of the molecule is Cc1ccc(S(=O)(=O)C[C@@]2(c3cccc(C)c3)CCCC2=O)cc1. The standard InChI is InChI=1S/C20H22O3S/c1-15-8-10-18(11-9-15)24(22,23)14-20(12-4-7-19(20)21)17-6-3-5-16(2)13-17/h3,5-6,8-11,13H,4,7,12,14H2,1-2H3/t20-/m1/s1. The van der Waals surface area contributed by atoms with E-state index < -0.39 is 15.3 Å². The first-order chi connectivity index (χ1) is 11.3. The fourth-order valence-corrected chi connectivity index (χ4v) is 5.40. The third-order valence-corrected chi connectivity index (χ3v) is 6.79. The van der Waals surface area contributed by atoms with Gasteiger partial charge in [0, 0.05) is 6.42 Å². The summed E-state index contributed by atoms with van der Waals surface area (Å²) in [5, 5.41) is 0. The zero-order valence-electron chi connectivity index (χ0n) is 14.1. The maximum Gasteiger partial charge on any atom is 0.179 e. The van der Waals surface area contributed by atoms with Gasteiger partial charge in [0.05, 0.1) is 16.1 Å². The van der Waals surface area contributed by atoms with Crippen molar-refractivity contribution in [3.8, 4) is 0 Å². The second-order valence-corrected chi connectivity index (χ2v) is 8.79. The summed E-state index contributed by atoms with van der Waals surface area (Å²) in [4.78, 5) is 13.0. The van der Waals surface area contributed by atoms with Crippen molar-refractivity contribution in [2.75, 3.05) is 5.75 Å². The van der Waals surface area contributed by atoms with Crippen molar-refractivity contribution in [1.82, 2.24) is 0 Å². The molecule has 24 heavy (non-hydrogen) atoms. The molecule has 1 saturated carbocycles. The van der Waals surface area contributed by atoms with Gasteiger partial charge < -0.3 is 0 Å². The van der Waals surface area contributed by atoms with Gasteiger partial charge in [-0.25, -0.2) is 8.42 Å². The molecule has 1 fully saturated rings. The first kappa shape index (κ1) is 16.9. The Balaban J connectivity index is 2.05. The van der Waals surface area contributed by atoms with E-state index in [2.05, 4.69) is 0 Å². The number of ketones is 1. The highest BCUT2D eigenvalue weighted by Crippen LogP contribution is 2.40. The fraction of sp³-hybridized carbons (Fsp3) is 0.350. The van der Waals surface area contributed by atoms with Gasteiger partial charge in [-0.05, 0) is 44.4 Å². The Morgan fingerprint density at radius 1 is 1.00 bits per heavy atom. The summed E-state index contributed by atoms with van der Waals surface area (Å²) in [6.07, 6.45) is 1.80. The summed E-state index contributed by atoms with van der Waals surface area (Å²) in [6, 6.07) is 14.6. The van der Waals surface area contributed by atoms with E-state index in [-0.39, 0.29) is 11.5 Å². The molecular weight excluding hydrogens is 320 g/mol. The van der Waals surface area contributed by atoms with E-state index in [4.69, 9.17) is 0 Å². The van der Waals surface area contributed by atoms with Gasteiger partial charge in [0.2, 0.25) is 0 Å². The summed E-state index contributed by atoms with van der Waals surface area (Å²) in [6.45, 7) is 3.89. The summed E-state index contributed by atoms with van der Waals surface area (Å²) in [5.41, 5.74) is 1.98. The molecule has 0 aromatic heterocycles. The molecule has 0 N–H and O–H groups in total. The Morgan fingerprint density at radius 2 is 1.71 bits per heavy atom. The molecule has 0 bridgehead atoms. The Morgan fingerprint density at radius 3 is 2.29 bits per heavy atom. The third-order valence-electron chi connectivity index (χ3n) is 4.93. The third kappa shape index (κ3) is 3.03.